The first-order valence-electron chi connectivity index (χ1n) is 12.8. The number of rotatable bonds is 13. The summed E-state index contributed by atoms with van der Waals surface area (Å²) in [5, 5.41) is 3.08. The molecular formula is C31H38N2O2S. The Kier molecular flexibility index (Phi) is 11.1. The molecule has 3 aromatic carbocycles. The van der Waals surface area contributed by atoms with Crippen molar-refractivity contribution in [3.63, 3.8) is 0 Å². The molecule has 0 aliphatic heterocycles. The standard InChI is InChI=1S/C31H38N2O2S/c1-4-5-17-32-31(35)29(20-26-13-7-6-8-14-26)33(21-27-15-9-11-24(2)18-27)30(34)23-36-22-28-16-10-12-25(3)19-28/h6-16,18-19,29H,4-5,17,20-23H2,1-3H3,(H,32,35). The van der Waals surface area contributed by atoms with Gasteiger partial charge in [-0.2, -0.15) is 0 Å². The van der Waals surface area contributed by atoms with Crippen LogP contribution in [0.5, 0.6) is 0 Å². The summed E-state index contributed by atoms with van der Waals surface area (Å²) >= 11 is 1.60. The topological polar surface area (TPSA) is 49.4 Å². The third kappa shape index (κ3) is 8.87. The van der Waals surface area contributed by atoms with Gasteiger partial charge in [-0.25, -0.2) is 0 Å². The molecule has 0 aliphatic rings. The Morgan fingerprint density at radius 3 is 2.17 bits per heavy atom. The second-order valence-corrected chi connectivity index (χ2v) is 10.3. The summed E-state index contributed by atoms with van der Waals surface area (Å²) in [6, 6.07) is 25.9. The number of amides is 2. The van der Waals surface area contributed by atoms with Gasteiger partial charge in [0, 0.05) is 25.3 Å². The molecule has 1 N–H and O–H groups in total. The molecule has 2 amide bonds. The summed E-state index contributed by atoms with van der Waals surface area (Å²) in [5.41, 5.74) is 5.64. The van der Waals surface area contributed by atoms with Crippen LogP contribution in [-0.4, -0.2) is 35.1 Å². The van der Waals surface area contributed by atoms with Crippen molar-refractivity contribution >= 4 is 23.6 Å². The number of carbonyl (C=O) groups is 2. The molecule has 1 unspecified atom stereocenters. The van der Waals surface area contributed by atoms with E-state index < -0.39 is 6.04 Å². The van der Waals surface area contributed by atoms with Crippen molar-refractivity contribution in [3.05, 3.63) is 107 Å². The molecule has 5 heteroatoms. The van der Waals surface area contributed by atoms with E-state index in [0.29, 0.717) is 25.3 Å². The fraction of sp³-hybridized carbons (Fsp3) is 0.355. The van der Waals surface area contributed by atoms with Crippen LogP contribution in [0.15, 0.2) is 78.9 Å². The minimum Gasteiger partial charge on any atom is -0.354 e. The number of nitrogens with one attached hydrogen (secondary N) is 1. The Morgan fingerprint density at radius 1 is 0.861 bits per heavy atom. The second kappa shape index (κ2) is 14.5. The van der Waals surface area contributed by atoms with Crippen molar-refractivity contribution in [1.29, 1.82) is 0 Å². The van der Waals surface area contributed by atoms with E-state index in [1.54, 1.807) is 16.7 Å². The lowest BCUT2D eigenvalue weighted by molar-refractivity contribution is -0.139. The molecule has 0 aromatic heterocycles. The number of thioether (sulfide) groups is 1. The summed E-state index contributed by atoms with van der Waals surface area (Å²) < 4.78 is 0. The number of aryl methyl sites for hydroxylation is 2. The molecule has 4 nitrogen and oxygen atoms in total. The van der Waals surface area contributed by atoms with Crippen LogP contribution in [0.25, 0.3) is 0 Å². The predicted molar refractivity (Wildman–Crippen MR) is 151 cm³/mol. The zero-order valence-electron chi connectivity index (χ0n) is 21.7. The van der Waals surface area contributed by atoms with Gasteiger partial charge in [-0.1, -0.05) is 103 Å². The lowest BCUT2D eigenvalue weighted by Crippen LogP contribution is -2.51. The van der Waals surface area contributed by atoms with Gasteiger partial charge in [0.1, 0.15) is 6.04 Å². The second-order valence-electron chi connectivity index (χ2n) is 9.34. The Bertz CT molecular complexity index is 1120. The van der Waals surface area contributed by atoms with Gasteiger partial charge in [-0.3, -0.25) is 9.59 Å². The maximum atomic E-state index is 13.7. The number of hydrogen-bond donors (Lipinski definition) is 1. The molecule has 0 spiro atoms. The normalized spacial score (nSPS) is 11.6. The van der Waals surface area contributed by atoms with Crippen LogP contribution in [0, 0.1) is 13.8 Å². The Hall–Kier alpha value is -3.05. The van der Waals surface area contributed by atoms with Gasteiger partial charge in [0.2, 0.25) is 11.8 Å². The quantitative estimate of drug-likeness (QED) is 0.288. The molecule has 0 bridgehead atoms. The number of nitrogens with zero attached hydrogens (tertiary/aromatic N) is 1. The average Bonchev–Trinajstić information content (AvgIpc) is 2.87. The van der Waals surface area contributed by atoms with Crippen molar-refractivity contribution in [2.45, 2.75) is 58.4 Å². The van der Waals surface area contributed by atoms with Gasteiger partial charge in [-0.15, -0.1) is 11.8 Å². The molecule has 36 heavy (non-hydrogen) atoms. The lowest BCUT2D eigenvalue weighted by Gasteiger charge is -2.31. The average molecular weight is 503 g/mol. The van der Waals surface area contributed by atoms with Crippen molar-refractivity contribution in [2.24, 2.45) is 0 Å². The molecule has 0 saturated heterocycles. The van der Waals surface area contributed by atoms with E-state index in [1.807, 2.05) is 61.5 Å². The summed E-state index contributed by atoms with van der Waals surface area (Å²) in [6.45, 7) is 7.26. The van der Waals surface area contributed by atoms with E-state index in [2.05, 4.69) is 43.4 Å². The van der Waals surface area contributed by atoms with Crippen LogP contribution >= 0.6 is 11.8 Å². The highest BCUT2D eigenvalue weighted by Gasteiger charge is 2.30. The minimum atomic E-state index is -0.572. The number of unbranched alkanes of at least 4 members (excludes halogenated alkanes) is 1. The van der Waals surface area contributed by atoms with Crippen LogP contribution in [0.4, 0.5) is 0 Å². The smallest absolute Gasteiger partial charge is 0.243 e. The van der Waals surface area contributed by atoms with Crippen molar-refractivity contribution in [2.75, 3.05) is 12.3 Å². The first-order valence-corrected chi connectivity index (χ1v) is 13.9. The summed E-state index contributed by atoms with van der Waals surface area (Å²) in [4.78, 5) is 28.9. The van der Waals surface area contributed by atoms with Gasteiger partial charge in [0.15, 0.2) is 0 Å². The highest BCUT2D eigenvalue weighted by atomic mass is 32.2. The van der Waals surface area contributed by atoms with E-state index >= 15 is 0 Å². The third-order valence-corrected chi connectivity index (χ3v) is 7.10. The summed E-state index contributed by atoms with van der Waals surface area (Å²) in [7, 11) is 0. The molecule has 190 valence electrons. The first-order chi connectivity index (χ1) is 17.5. The predicted octanol–water partition coefficient (Wildman–Crippen LogP) is 6.09. The monoisotopic (exact) mass is 502 g/mol. The lowest BCUT2D eigenvalue weighted by atomic mass is 10.0. The van der Waals surface area contributed by atoms with Gasteiger partial charge in [-0.05, 0) is 37.0 Å². The van der Waals surface area contributed by atoms with E-state index in [9.17, 15) is 9.59 Å². The van der Waals surface area contributed by atoms with E-state index in [0.717, 1.165) is 35.3 Å². The summed E-state index contributed by atoms with van der Waals surface area (Å²) in [5.74, 6) is 0.989. The molecule has 0 aliphatic carbocycles. The Morgan fingerprint density at radius 2 is 1.50 bits per heavy atom. The zero-order valence-corrected chi connectivity index (χ0v) is 22.5. The fourth-order valence-electron chi connectivity index (χ4n) is 4.21. The molecule has 0 fully saturated rings. The zero-order chi connectivity index (χ0) is 25.8. The highest BCUT2D eigenvalue weighted by Crippen LogP contribution is 2.19. The Balaban J connectivity index is 1.83. The fourth-order valence-corrected chi connectivity index (χ4v) is 5.07. The summed E-state index contributed by atoms with van der Waals surface area (Å²) in [6.07, 6.45) is 2.41. The van der Waals surface area contributed by atoms with Gasteiger partial charge in [0.05, 0.1) is 5.75 Å². The number of hydrogen-bond acceptors (Lipinski definition) is 3. The van der Waals surface area contributed by atoms with E-state index in [-0.39, 0.29) is 11.8 Å². The van der Waals surface area contributed by atoms with Gasteiger partial charge < -0.3 is 10.2 Å². The van der Waals surface area contributed by atoms with Crippen molar-refractivity contribution in [1.82, 2.24) is 10.2 Å². The van der Waals surface area contributed by atoms with Crippen LogP contribution < -0.4 is 5.32 Å². The van der Waals surface area contributed by atoms with Crippen LogP contribution in [0.2, 0.25) is 0 Å². The number of carbonyl (C=O) groups excluding carboxylic acids is 2. The molecule has 3 rings (SSSR count). The van der Waals surface area contributed by atoms with Gasteiger partial charge in [0.25, 0.3) is 0 Å². The van der Waals surface area contributed by atoms with Gasteiger partial charge >= 0.3 is 0 Å². The van der Waals surface area contributed by atoms with Crippen LogP contribution in [0.1, 0.15) is 47.6 Å². The molecule has 1 atom stereocenters. The first kappa shape index (κ1) is 27.5. The highest BCUT2D eigenvalue weighted by molar-refractivity contribution is 7.99. The molecule has 0 saturated carbocycles. The van der Waals surface area contributed by atoms with Crippen molar-refractivity contribution in [3.8, 4) is 0 Å². The minimum absolute atomic E-state index is 0.0132. The molecule has 0 heterocycles. The Labute approximate surface area is 220 Å². The maximum Gasteiger partial charge on any atom is 0.243 e. The van der Waals surface area contributed by atoms with E-state index in [1.165, 1.54) is 11.1 Å². The SMILES string of the molecule is CCCCNC(=O)C(Cc1ccccc1)N(Cc1cccc(C)c1)C(=O)CSCc1cccc(C)c1. The van der Waals surface area contributed by atoms with Crippen LogP contribution in [-0.2, 0) is 28.3 Å². The molecule has 0 radical (unpaired) electrons. The van der Waals surface area contributed by atoms with E-state index in [4.69, 9.17) is 0 Å². The third-order valence-electron chi connectivity index (χ3n) is 6.11. The molecular weight excluding hydrogens is 464 g/mol. The van der Waals surface area contributed by atoms with Crippen molar-refractivity contribution < 1.29 is 9.59 Å². The number of benzene rings is 3. The maximum absolute atomic E-state index is 13.7. The van der Waals surface area contributed by atoms with Crippen LogP contribution in [0.3, 0.4) is 0 Å². The largest absolute Gasteiger partial charge is 0.354 e. The molecule has 3 aromatic rings.